The molecular formula is C11H20N2O5. The number of imide groups is 1. The lowest BCUT2D eigenvalue weighted by atomic mass is 10.1. The highest BCUT2D eigenvalue weighted by Gasteiger charge is 2.21. The van der Waals surface area contributed by atoms with Gasteiger partial charge in [-0.3, -0.25) is 14.9 Å². The number of aliphatic carboxylic acids is 1. The van der Waals surface area contributed by atoms with Crippen LogP contribution >= 0.6 is 0 Å². The number of hydrogen-bond donors (Lipinski definition) is 3. The molecule has 0 radical (unpaired) electrons. The van der Waals surface area contributed by atoms with Crippen LogP contribution in [-0.4, -0.2) is 42.3 Å². The fraction of sp³-hybridized carbons (Fsp3) is 0.727. The van der Waals surface area contributed by atoms with E-state index in [9.17, 15) is 14.4 Å². The van der Waals surface area contributed by atoms with Crippen molar-refractivity contribution in [3.63, 3.8) is 0 Å². The molecule has 0 heterocycles. The van der Waals surface area contributed by atoms with Crippen LogP contribution < -0.4 is 10.6 Å². The first-order chi connectivity index (χ1) is 8.26. The molecule has 0 aromatic rings. The molecule has 0 unspecified atom stereocenters. The molecule has 0 saturated heterocycles. The number of methoxy groups -OCH3 is 1. The third kappa shape index (κ3) is 8.51. The Kier molecular flexibility index (Phi) is 6.96. The minimum Gasteiger partial charge on any atom is -0.481 e. The molecule has 0 atom stereocenters. The minimum absolute atomic E-state index is 0.00439. The number of ether oxygens (including phenoxy) is 1. The lowest BCUT2D eigenvalue weighted by Crippen LogP contribution is -2.52. The van der Waals surface area contributed by atoms with Crippen molar-refractivity contribution in [2.45, 2.75) is 38.6 Å². The molecule has 0 rings (SSSR count). The van der Waals surface area contributed by atoms with Gasteiger partial charge < -0.3 is 15.2 Å². The molecule has 0 fully saturated rings. The van der Waals surface area contributed by atoms with Gasteiger partial charge in [0.05, 0.1) is 12.1 Å². The van der Waals surface area contributed by atoms with Gasteiger partial charge in [0, 0.05) is 20.0 Å². The maximum atomic E-state index is 11.4. The molecular weight excluding hydrogens is 240 g/mol. The Morgan fingerprint density at radius 1 is 1.22 bits per heavy atom. The molecule has 104 valence electrons. The predicted molar refractivity (Wildman–Crippen MR) is 64.1 cm³/mol. The van der Waals surface area contributed by atoms with E-state index in [0.29, 0.717) is 6.61 Å². The molecule has 0 bridgehead atoms. The van der Waals surface area contributed by atoms with Crippen LogP contribution in [0.5, 0.6) is 0 Å². The standard InChI is InChI=1S/C11H20N2O5/c1-11(2,7-18-3)13-10(17)12-8(14)5-4-6-9(15)16/h4-7H2,1-3H3,(H,15,16)(H2,12,13,14,17). The summed E-state index contributed by atoms with van der Waals surface area (Å²) in [6, 6.07) is -0.614. The van der Waals surface area contributed by atoms with Crippen LogP contribution in [0.15, 0.2) is 0 Å². The number of carbonyl (C=O) groups is 3. The summed E-state index contributed by atoms with van der Waals surface area (Å²) in [4.78, 5) is 32.9. The number of carboxylic acids is 1. The maximum absolute atomic E-state index is 11.4. The summed E-state index contributed by atoms with van der Waals surface area (Å²) in [5.74, 6) is -1.46. The molecule has 3 amide bonds. The van der Waals surface area contributed by atoms with E-state index in [0.717, 1.165) is 0 Å². The fourth-order valence-corrected chi connectivity index (χ4v) is 1.32. The van der Waals surface area contributed by atoms with Gasteiger partial charge in [-0.2, -0.15) is 0 Å². The van der Waals surface area contributed by atoms with Crippen LogP contribution in [0, 0.1) is 0 Å². The van der Waals surface area contributed by atoms with Crippen molar-refractivity contribution < 1.29 is 24.2 Å². The van der Waals surface area contributed by atoms with Gasteiger partial charge in [-0.15, -0.1) is 0 Å². The van der Waals surface area contributed by atoms with Crippen LogP contribution in [-0.2, 0) is 14.3 Å². The molecule has 0 aromatic carbocycles. The van der Waals surface area contributed by atoms with Gasteiger partial charge in [0.15, 0.2) is 0 Å². The highest BCUT2D eigenvalue weighted by Crippen LogP contribution is 2.01. The predicted octanol–water partition coefficient (Wildman–Crippen LogP) is 0.492. The zero-order chi connectivity index (χ0) is 14.2. The largest absolute Gasteiger partial charge is 0.481 e. The van der Waals surface area contributed by atoms with E-state index in [1.54, 1.807) is 13.8 Å². The van der Waals surface area contributed by atoms with Crippen LogP contribution in [0.3, 0.4) is 0 Å². The number of urea groups is 1. The number of amides is 3. The van der Waals surface area contributed by atoms with Crippen LogP contribution in [0.1, 0.15) is 33.1 Å². The summed E-state index contributed by atoms with van der Waals surface area (Å²) < 4.78 is 4.91. The number of carbonyl (C=O) groups excluding carboxylic acids is 2. The van der Waals surface area contributed by atoms with Crippen LogP contribution in [0.4, 0.5) is 4.79 Å². The molecule has 7 nitrogen and oxygen atoms in total. The second kappa shape index (κ2) is 7.65. The Balaban J connectivity index is 3.94. The number of rotatable bonds is 7. The van der Waals surface area contributed by atoms with E-state index in [1.807, 2.05) is 0 Å². The van der Waals surface area contributed by atoms with Gasteiger partial charge in [-0.25, -0.2) is 4.79 Å². The van der Waals surface area contributed by atoms with Gasteiger partial charge in [-0.1, -0.05) is 0 Å². The van der Waals surface area contributed by atoms with Crippen molar-refractivity contribution in [2.24, 2.45) is 0 Å². The fourth-order valence-electron chi connectivity index (χ4n) is 1.32. The van der Waals surface area contributed by atoms with Crippen molar-refractivity contribution in [1.29, 1.82) is 0 Å². The van der Waals surface area contributed by atoms with Gasteiger partial charge in [0.2, 0.25) is 5.91 Å². The molecule has 0 aliphatic carbocycles. The molecule has 3 N–H and O–H groups in total. The van der Waals surface area contributed by atoms with E-state index < -0.39 is 23.4 Å². The second-order valence-corrected chi connectivity index (χ2v) is 4.57. The van der Waals surface area contributed by atoms with Gasteiger partial charge in [0.25, 0.3) is 0 Å². The Morgan fingerprint density at radius 3 is 2.33 bits per heavy atom. The summed E-state index contributed by atoms with van der Waals surface area (Å²) in [7, 11) is 1.51. The summed E-state index contributed by atoms with van der Waals surface area (Å²) >= 11 is 0. The van der Waals surface area contributed by atoms with Crippen molar-refractivity contribution >= 4 is 17.9 Å². The van der Waals surface area contributed by atoms with E-state index in [4.69, 9.17) is 9.84 Å². The van der Waals surface area contributed by atoms with E-state index >= 15 is 0 Å². The maximum Gasteiger partial charge on any atom is 0.321 e. The van der Waals surface area contributed by atoms with Crippen LogP contribution in [0.2, 0.25) is 0 Å². The highest BCUT2D eigenvalue weighted by molar-refractivity contribution is 5.94. The summed E-state index contributed by atoms with van der Waals surface area (Å²) in [5.41, 5.74) is -0.583. The van der Waals surface area contributed by atoms with Crippen LogP contribution in [0.25, 0.3) is 0 Å². The number of carboxylic acid groups (broad SMARTS) is 1. The lowest BCUT2D eigenvalue weighted by Gasteiger charge is -2.24. The molecule has 0 aliphatic rings. The summed E-state index contributed by atoms with van der Waals surface area (Å²) in [5, 5.41) is 13.1. The molecule has 7 heteroatoms. The zero-order valence-corrected chi connectivity index (χ0v) is 10.9. The Bertz CT molecular complexity index is 315. The van der Waals surface area contributed by atoms with Gasteiger partial charge >= 0.3 is 12.0 Å². The Morgan fingerprint density at radius 2 is 1.83 bits per heavy atom. The Labute approximate surface area is 106 Å². The zero-order valence-electron chi connectivity index (χ0n) is 10.9. The third-order valence-electron chi connectivity index (χ3n) is 2.00. The second-order valence-electron chi connectivity index (χ2n) is 4.57. The molecule has 0 aromatic heterocycles. The molecule has 0 spiro atoms. The Hall–Kier alpha value is -1.63. The monoisotopic (exact) mass is 260 g/mol. The number of nitrogens with one attached hydrogen (secondary N) is 2. The molecule has 18 heavy (non-hydrogen) atoms. The smallest absolute Gasteiger partial charge is 0.321 e. The normalized spacial score (nSPS) is 10.8. The summed E-state index contributed by atoms with van der Waals surface area (Å²) in [6.07, 6.45) is 0.116. The lowest BCUT2D eigenvalue weighted by molar-refractivity contribution is -0.137. The van der Waals surface area contributed by atoms with Crippen molar-refractivity contribution in [3.8, 4) is 0 Å². The van der Waals surface area contributed by atoms with Gasteiger partial charge in [0.1, 0.15) is 0 Å². The van der Waals surface area contributed by atoms with Crippen molar-refractivity contribution in [3.05, 3.63) is 0 Å². The first-order valence-corrected chi connectivity index (χ1v) is 5.59. The topological polar surface area (TPSA) is 105 Å². The van der Waals surface area contributed by atoms with E-state index in [2.05, 4.69) is 10.6 Å². The van der Waals surface area contributed by atoms with Crippen molar-refractivity contribution in [1.82, 2.24) is 10.6 Å². The van der Waals surface area contributed by atoms with Crippen molar-refractivity contribution in [2.75, 3.05) is 13.7 Å². The van der Waals surface area contributed by atoms with Gasteiger partial charge in [-0.05, 0) is 20.3 Å². The molecule has 0 saturated carbocycles. The third-order valence-corrected chi connectivity index (χ3v) is 2.00. The quantitative estimate of drug-likeness (QED) is 0.618. The number of hydrogen-bond acceptors (Lipinski definition) is 4. The average Bonchev–Trinajstić information content (AvgIpc) is 2.14. The van der Waals surface area contributed by atoms with E-state index in [-0.39, 0.29) is 19.3 Å². The van der Waals surface area contributed by atoms with E-state index in [1.165, 1.54) is 7.11 Å². The SMILES string of the molecule is COCC(C)(C)NC(=O)NC(=O)CCCC(=O)O. The first-order valence-electron chi connectivity index (χ1n) is 5.59. The highest BCUT2D eigenvalue weighted by atomic mass is 16.5. The minimum atomic E-state index is -0.964. The first kappa shape index (κ1) is 16.4. The average molecular weight is 260 g/mol. The molecule has 0 aliphatic heterocycles. The summed E-state index contributed by atoms with van der Waals surface area (Å²) in [6.45, 7) is 3.82.